The summed E-state index contributed by atoms with van der Waals surface area (Å²) in [6, 6.07) is 0. The van der Waals surface area contributed by atoms with Gasteiger partial charge in [0.2, 0.25) is 0 Å². The maximum atomic E-state index is 12.7. The minimum atomic E-state index is -0.761. The van der Waals surface area contributed by atoms with E-state index in [1.54, 1.807) is 0 Å². The number of ether oxygens (including phenoxy) is 3. The fraction of sp³-hybridized carbons (Fsp3) is 0.940. The highest BCUT2D eigenvalue weighted by Gasteiger charge is 2.19. The van der Waals surface area contributed by atoms with Crippen molar-refractivity contribution >= 4 is 17.9 Å². The first-order valence-electron chi connectivity index (χ1n) is 24.8. The van der Waals surface area contributed by atoms with E-state index in [1.807, 2.05) is 0 Å². The lowest BCUT2D eigenvalue weighted by Gasteiger charge is -2.18. The number of hydrogen-bond donors (Lipinski definition) is 0. The number of esters is 3. The minimum absolute atomic E-state index is 0.0649. The molecule has 0 aromatic heterocycles. The summed E-state index contributed by atoms with van der Waals surface area (Å²) in [4.78, 5) is 37.8. The van der Waals surface area contributed by atoms with E-state index in [2.05, 4.69) is 34.6 Å². The molecule has 0 N–H and O–H groups in total. The van der Waals surface area contributed by atoms with Gasteiger partial charge in [0.1, 0.15) is 13.2 Å². The first-order valence-corrected chi connectivity index (χ1v) is 24.8. The zero-order chi connectivity index (χ0) is 41.2. The second-order valence-corrected chi connectivity index (χ2v) is 17.8. The van der Waals surface area contributed by atoms with Gasteiger partial charge in [0, 0.05) is 19.3 Å². The Labute approximate surface area is 348 Å². The van der Waals surface area contributed by atoms with Crippen LogP contribution in [-0.4, -0.2) is 37.2 Å². The fourth-order valence-corrected chi connectivity index (χ4v) is 7.43. The van der Waals surface area contributed by atoms with Crippen LogP contribution in [-0.2, 0) is 28.6 Å². The van der Waals surface area contributed by atoms with E-state index in [1.165, 1.54) is 161 Å². The zero-order valence-corrected chi connectivity index (χ0v) is 38.3. The van der Waals surface area contributed by atoms with Crippen LogP contribution in [0, 0.1) is 11.8 Å². The topological polar surface area (TPSA) is 78.9 Å². The standard InChI is InChI=1S/C50H96O6/c1-6-8-9-10-11-12-13-14-15-16-17-21-24-30-35-40-48(51)54-43-47(44-55-49(52)41-36-31-27-26-28-33-38-45(3)4)56-50(53)42-37-32-25-22-19-18-20-23-29-34-39-46(5)7-2/h45-47H,6-44H2,1-5H3/t46?,47-/m1/s1. The first-order chi connectivity index (χ1) is 27.3. The van der Waals surface area contributed by atoms with Crippen molar-refractivity contribution in [2.75, 3.05) is 13.2 Å². The molecule has 332 valence electrons. The molecule has 0 saturated heterocycles. The Morgan fingerprint density at radius 1 is 0.375 bits per heavy atom. The van der Waals surface area contributed by atoms with E-state index >= 15 is 0 Å². The third-order valence-electron chi connectivity index (χ3n) is 11.6. The van der Waals surface area contributed by atoms with Gasteiger partial charge < -0.3 is 14.2 Å². The number of unbranched alkanes of at least 4 members (excludes halogenated alkanes) is 28. The van der Waals surface area contributed by atoms with Crippen LogP contribution in [0.4, 0.5) is 0 Å². The van der Waals surface area contributed by atoms with Gasteiger partial charge in [0.25, 0.3) is 0 Å². The number of carbonyl (C=O) groups is 3. The third-order valence-corrected chi connectivity index (χ3v) is 11.6. The van der Waals surface area contributed by atoms with Crippen molar-refractivity contribution in [3.63, 3.8) is 0 Å². The van der Waals surface area contributed by atoms with Crippen LogP contribution in [0.2, 0.25) is 0 Å². The van der Waals surface area contributed by atoms with Crippen molar-refractivity contribution in [2.24, 2.45) is 11.8 Å². The normalized spacial score (nSPS) is 12.5. The summed E-state index contributed by atoms with van der Waals surface area (Å²) in [5.41, 5.74) is 0. The highest BCUT2D eigenvalue weighted by atomic mass is 16.6. The van der Waals surface area contributed by atoms with Gasteiger partial charge in [-0.3, -0.25) is 14.4 Å². The molecule has 6 nitrogen and oxygen atoms in total. The van der Waals surface area contributed by atoms with Gasteiger partial charge in [-0.25, -0.2) is 0 Å². The number of hydrogen-bond acceptors (Lipinski definition) is 6. The molecule has 0 bridgehead atoms. The Kier molecular flexibility index (Phi) is 41.8. The van der Waals surface area contributed by atoms with Crippen molar-refractivity contribution in [2.45, 2.75) is 278 Å². The van der Waals surface area contributed by atoms with Gasteiger partial charge in [-0.05, 0) is 31.1 Å². The second kappa shape index (κ2) is 43.0. The molecule has 0 saturated carbocycles. The molecule has 6 heteroatoms. The predicted molar refractivity (Wildman–Crippen MR) is 238 cm³/mol. The summed E-state index contributed by atoms with van der Waals surface area (Å²) in [6.07, 6.45) is 42.4. The number of carbonyl (C=O) groups excluding carboxylic acids is 3. The van der Waals surface area contributed by atoms with E-state index < -0.39 is 6.10 Å². The Morgan fingerprint density at radius 2 is 0.679 bits per heavy atom. The molecule has 0 spiro atoms. The molecule has 0 radical (unpaired) electrons. The van der Waals surface area contributed by atoms with Gasteiger partial charge in [-0.2, -0.15) is 0 Å². The SMILES string of the molecule is CCCCCCCCCCCCCCCCCC(=O)OC[C@H](COC(=O)CCCCCCCCC(C)C)OC(=O)CCCCCCCCCCCCC(C)CC. The molecular formula is C50H96O6. The van der Waals surface area contributed by atoms with Crippen molar-refractivity contribution < 1.29 is 28.6 Å². The quantitative estimate of drug-likeness (QED) is 0.0347. The monoisotopic (exact) mass is 793 g/mol. The maximum absolute atomic E-state index is 12.7. The van der Waals surface area contributed by atoms with Crippen LogP contribution >= 0.6 is 0 Å². The van der Waals surface area contributed by atoms with Crippen molar-refractivity contribution in [3.05, 3.63) is 0 Å². The van der Waals surface area contributed by atoms with Gasteiger partial charge >= 0.3 is 17.9 Å². The predicted octanol–water partition coefficient (Wildman–Crippen LogP) is 15.8. The smallest absolute Gasteiger partial charge is 0.306 e. The van der Waals surface area contributed by atoms with Crippen LogP contribution in [0.5, 0.6) is 0 Å². The first kappa shape index (κ1) is 54.4. The molecule has 0 aromatic carbocycles. The van der Waals surface area contributed by atoms with Crippen LogP contribution < -0.4 is 0 Å². The van der Waals surface area contributed by atoms with Crippen molar-refractivity contribution in [1.29, 1.82) is 0 Å². The molecule has 0 aliphatic carbocycles. The molecule has 0 fully saturated rings. The Morgan fingerprint density at radius 3 is 1.02 bits per heavy atom. The molecule has 0 amide bonds. The lowest BCUT2D eigenvalue weighted by Crippen LogP contribution is -2.30. The summed E-state index contributed by atoms with van der Waals surface area (Å²) in [5, 5.41) is 0. The third kappa shape index (κ3) is 42.0. The Hall–Kier alpha value is -1.59. The van der Waals surface area contributed by atoms with Crippen LogP contribution in [0.15, 0.2) is 0 Å². The molecule has 0 aliphatic heterocycles. The summed E-state index contributed by atoms with van der Waals surface area (Å²) in [6.45, 7) is 11.3. The molecule has 0 heterocycles. The zero-order valence-electron chi connectivity index (χ0n) is 38.3. The second-order valence-electron chi connectivity index (χ2n) is 17.8. The average molecular weight is 793 g/mol. The largest absolute Gasteiger partial charge is 0.462 e. The van der Waals surface area contributed by atoms with Gasteiger partial charge in [-0.1, -0.05) is 234 Å². The minimum Gasteiger partial charge on any atom is -0.462 e. The van der Waals surface area contributed by atoms with Crippen molar-refractivity contribution in [3.8, 4) is 0 Å². The van der Waals surface area contributed by atoms with Crippen LogP contribution in [0.3, 0.4) is 0 Å². The molecule has 56 heavy (non-hydrogen) atoms. The molecular weight excluding hydrogens is 697 g/mol. The molecule has 1 unspecified atom stereocenters. The van der Waals surface area contributed by atoms with Crippen LogP contribution in [0.1, 0.15) is 272 Å². The lowest BCUT2D eigenvalue weighted by atomic mass is 9.99. The lowest BCUT2D eigenvalue weighted by molar-refractivity contribution is -0.167. The van der Waals surface area contributed by atoms with E-state index in [9.17, 15) is 14.4 Å². The summed E-state index contributed by atoms with van der Waals surface area (Å²) in [5.74, 6) is 0.774. The van der Waals surface area contributed by atoms with Crippen LogP contribution in [0.25, 0.3) is 0 Å². The summed E-state index contributed by atoms with van der Waals surface area (Å²) >= 11 is 0. The Bertz CT molecular complexity index is 856. The Balaban J connectivity index is 4.30. The van der Waals surface area contributed by atoms with Gasteiger partial charge in [0.15, 0.2) is 6.10 Å². The summed E-state index contributed by atoms with van der Waals surface area (Å²) < 4.78 is 16.8. The van der Waals surface area contributed by atoms with Gasteiger partial charge in [-0.15, -0.1) is 0 Å². The highest BCUT2D eigenvalue weighted by Crippen LogP contribution is 2.17. The van der Waals surface area contributed by atoms with E-state index in [-0.39, 0.29) is 31.1 Å². The fourth-order valence-electron chi connectivity index (χ4n) is 7.43. The van der Waals surface area contributed by atoms with Gasteiger partial charge in [0.05, 0.1) is 0 Å². The molecule has 2 atom stereocenters. The highest BCUT2D eigenvalue weighted by molar-refractivity contribution is 5.71. The van der Waals surface area contributed by atoms with E-state index in [0.717, 1.165) is 69.6 Å². The summed E-state index contributed by atoms with van der Waals surface area (Å²) in [7, 11) is 0. The molecule has 0 aromatic rings. The molecule has 0 aliphatic rings. The van der Waals surface area contributed by atoms with E-state index in [0.29, 0.717) is 19.3 Å². The maximum Gasteiger partial charge on any atom is 0.306 e. The van der Waals surface area contributed by atoms with Crippen molar-refractivity contribution in [1.82, 2.24) is 0 Å². The molecule has 0 rings (SSSR count). The number of rotatable bonds is 44. The van der Waals surface area contributed by atoms with E-state index in [4.69, 9.17) is 14.2 Å². The average Bonchev–Trinajstić information content (AvgIpc) is 3.18.